The molecule has 0 bridgehead atoms. The van der Waals surface area contributed by atoms with Gasteiger partial charge in [0.2, 0.25) is 0 Å². The third-order valence-electron chi connectivity index (χ3n) is 0. The zero-order valence-electron chi connectivity index (χ0n) is 3.62. The lowest BCUT2D eigenvalue weighted by Crippen LogP contribution is -1.36. The van der Waals surface area contributed by atoms with Crippen molar-refractivity contribution < 1.29 is 4.79 Å². The molecule has 0 saturated heterocycles. The second-order valence-corrected chi connectivity index (χ2v) is 0.236. The van der Waals surface area contributed by atoms with Crippen LogP contribution in [-0.2, 0) is 4.79 Å². The highest BCUT2D eigenvalue weighted by Crippen LogP contribution is 1.13. The smallest absolute Gasteiger partial charge is 0.116 e. The highest BCUT2D eigenvalue weighted by Gasteiger charge is 1.24. The van der Waals surface area contributed by atoms with E-state index in [1.807, 2.05) is 0 Å². The maximum atomic E-state index is 8.81. The normalized spacial score (nSPS) is 1.86. The molecular formula is C2H8Cl4O. The van der Waals surface area contributed by atoms with Gasteiger partial charge in [0, 0.05) is 0 Å². The molecular weight excluding hydrogens is 182 g/mol. The first kappa shape index (κ1) is 45.6. The van der Waals surface area contributed by atoms with E-state index in [2.05, 4.69) is 0 Å². The average Bonchev–Trinajstić information content (AvgIpc) is 0.918. The summed E-state index contributed by atoms with van der Waals surface area (Å²) in [6, 6.07) is 0. The van der Waals surface area contributed by atoms with Crippen molar-refractivity contribution in [1.82, 2.24) is 0 Å². The van der Waals surface area contributed by atoms with Gasteiger partial charge in [-0.3, -0.25) is 0 Å². The zero-order chi connectivity index (χ0) is 2.71. The SMILES string of the molecule is CC=O.Cl.Cl.Cl.Cl. The molecule has 0 saturated carbocycles. The molecule has 0 rings (SSSR count). The standard InChI is InChI=1S/C2H4O.4ClH/c1-2-3;;;;/h2H,1H3;4*1H. The third-order valence-corrected chi connectivity index (χ3v) is 0. The molecule has 0 aliphatic carbocycles. The predicted octanol–water partition coefficient (Wildman–Crippen LogP) is 1.89. The van der Waals surface area contributed by atoms with Crippen LogP contribution >= 0.6 is 49.6 Å². The number of hydrogen-bond acceptors (Lipinski definition) is 1. The van der Waals surface area contributed by atoms with Crippen molar-refractivity contribution in [2.24, 2.45) is 0 Å². The summed E-state index contributed by atoms with van der Waals surface area (Å²) in [6.45, 7) is 1.44. The van der Waals surface area contributed by atoms with Gasteiger partial charge in [0.15, 0.2) is 0 Å². The van der Waals surface area contributed by atoms with Crippen LogP contribution in [0.5, 0.6) is 0 Å². The Labute approximate surface area is 67.9 Å². The van der Waals surface area contributed by atoms with Gasteiger partial charge in [0.05, 0.1) is 0 Å². The summed E-state index contributed by atoms with van der Waals surface area (Å²) in [4.78, 5) is 8.81. The molecule has 0 heterocycles. The molecule has 0 N–H and O–H groups in total. The second-order valence-electron chi connectivity index (χ2n) is 0.236. The topological polar surface area (TPSA) is 17.1 Å². The molecule has 7 heavy (non-hydrogen) atoms. The van der Waals surface area contributed by atoms with Crippen LogP contribution in [0.4, 0.5) is 0 Å². The molecule has 0 aliphatic heterocycles. The predicted molar refractivity (Wildman–Crippen MR) is 40.7 cm³/mol. The van der Waals surface area contributed by atoms with Gasteiger partial charge in [0.25, 0.3) is 0 Å². The minimum absolute atomic E-state index is 0. The van der Waals surface area contributed by atoms with Crippen LogP contribution in [0.3, 0.4) is 0 Å². The lowest BCUT2D eigenvalue weighted by molar-refractivity contribution is -0.106. The average molecular weight is 190 g/mol. The van der Waals surface area contributed by atoms with E-state index in [4.69, 9.17) is 4.79 Å². The summed E-state index contributed by atoms with van der Waals surface area (Å²) in [5, 5.41) is 0. The molecule has 0 spiro atoms. The Balaban J connectivity index is -0.00000000333. The molecule has 0 fully saturated rings. The number of carbonyl (C=O) groups is 1. The van der Waals surface area contributed by atoms with E-state index in [0.29, 0.717) is 0 Å². The van der Waals surface area contributed by atoms with Crippen molar-refractivity contribution in [3.05, 3.63) is 0 Å². The van der Waals surface area contributed by atoms with Gasteiger partial charge in [-0.25, -0.2) is 0 Å². The number of halogens is 4. The molecule has 0 aromatic heterocycles. The van der Waals surface area contributed by atoms with E-state index in [0.717, 1.165) is 6.29 Å². The molecule has 0 unspecified atom stereocenters. The molecule has 1 nitrogen and oxygen atoms in total. The number of rotatable bonds is 0. The Morgan fingerprint density at radius 3 is 1.00 bits per heavy atom. The van der Waals surface area contributed by atoms with Crippen molar-refractivity contribution in [3.63, 3.8) is 0 Å². The third kappa shape index (κ3) is 231. The highest BCUT2D eigenvalue weighted by molar-refractivity contribution is 5.86. The van der Waals surface area contributed by atoms with Crippen LogP contribution in [0.25, 0.3) is 0 Å². The van der Waals surface area contributed by atoms with Gasteiger partial charge in [-0.05, 0) is 6.92 Å². The Morgan fingerprint density at radius 1 is 1.00 bits per heavy atom. The van der Waals surface area contributed by atoms with Gasteiger partial charge in [0.1, 0.15) is 6.29 Å². The Bertz CT molecular complexity index is 17.2. The number of aldehydes is 1. The largest absolute Gasteiger partial charge is 0.304 e. The Hall–Kier alpha value is 0.830. The lowest BCUT2D eigenvalue weighted by Gasteiger charge is -1.23. The fraction of sp³-hybridized carbons (Fsp3) is 0.500. The molecule has 50 valence electrons. The fourth-order valence-electron chi connectivity index (χ4n) is 0. The monoisotopic (exact) mass is 188 g/mol. The molecule has 0 atom stereocenters. The van der Waals surface area contributed by atoms with Crippen LogP contribution in [0.15, 0.2) is 0 Å². The Kier molecular flexibility index (Phi) is 452. The van der Waals surface area contributed by atoms with Crippen molar-refractivity contribution in [2.45, 2.75) is 6.92 Å². The van der Waals surface area contributed by atoms with E-state index in [-0.39, 0.29) is 49.6 Å². The zero-order valence-corrected chi connectivity index (χ0v) is 6.88. The van der Waals surface area contributed by atoms with E-state index < -0.39 is 0 Å². The van der Waals surface area contributed by atoms with Gasteiger partial charge < -0.3 is 4.79 Å². The number of hydrogen-bond donors (Lipinski definition) is 0. The molecule has 0 aromatic rings. The van der Waals surface area contributed by atoms with E-state index in [1.54, 1.807) is 0 Å². The van der Waals surface area contributed by atoms with Crippen molar-refractivity contribution in [2.75, 3.05) is 0 Å². The van der Waals surface area contributed by atoms with Crippen molar-refractivity contribution in [1.29, 1.82) is 0 Å². The summed E-state index contributed by atoms with van der Waals surface area (Å²) in [5.41, 5.74) is 0. The van der Waals surface area contributed by atoms with Gasteiger partial charge in [-0.2, -0.15) is 0 Å². The summed E-state index contributed by atoms with van der Waals surface area (Å²) >= 11 is 0. The first-order chi connectivity index (χ1) is 1.41. The number of carbonyl (C=O) groups excluding carboxylic acids is 1. The van der Waals surface area contributed by atoms with Gasteiger partial charge in [-0.15, -0.1) is 49.6 Å². The summed E-state index contributed by atoms with van der Waals surface area (Å²) in [7, 11) is 0. The first-order valence-corrected chi connectivity index (χ1v) is 0.813. The summed E-state index contributed by atoms with van der Waals surface area (Å²) < 4.78 is 0. The van der Waals surface area contributed by atoms with Crippen LogP contribution in [0.2, 0.25) is 0 Å². The summed E-state index contributed by atoms with van der Waals surface area (Å²) in [5.74, 6) is 0. The maximum Gasteiger partial charge on any atom is 0.116 e. The van der Waals surface area contributed by atoms with Crippen LogP contribution in [0, 0.1) is 0 Å². The quantitative estimate of drug-likeness (QED) is 0.533. The highest BCUT2D eigenvalue weighted by atomic mass is 35.5. The van der Waals surface area contributed by atoms with Crippen molar-refractivity contribution in [3.8, 4) is 0 Å². The van der Waals surface area contributed by atoms with Crippen LogP contribution < -0.4 is 0 Å². The maximum absolute atomic E-state index is 8.81. The fourth-order valence-corrected chi connectivity index (χ4v) is 0. The molecule has 0 amide bonds. The van der Waals surface area contributed by atoms with Crippen LogP contribution in [-0.4, -0.2) is 6.29 Å². The second kappa shape index (κ2) is 69.3. The molecule has 0 aromatic carbocycles. The molecule has 0 aliphatic rings. The Morgan fingerprint density at radius 2 is 1.00 bits per heavy atom. The molecule has 5 heteroatoms. The van der Waals surface area contributed by atoms with Gasteiger partial charge in [-0.1, -0.05) is 0 Å². The van der Waals surface area contributed by atoms with Gasteiger partial charge >= 0.3 is 0 Å². The lowest BCUT2D eigenvalue weighted by atomic mass is 11.0. The van der Waals surface area contributed by atoms with Crippen LogP contribution in [0.1, 0.15) is 6.92 Å². The minimum atomic E-state index is 0. The van der Waals surface area contributed by atoms with E-state index >= 15 is 0 Å². The first-order valence-electron chi connectivity index (χ1n) is 0.813. The molecule has 0 radical (unpaired) electrons. The van der Waals surface area contributed by atoms with E-state index in [1.165, 1.54) is 6.92 Å². The van der Waals surface area contributed by atoms with Crippen molar-refractivity contribution >= 4 is 55.9 Å². The minimum Gasteiger partial charge on any atom is -0.304 e. The van der Waals surface area contributed by atoms with E-state index in [9.17, 15) is 0 Å². The summed E-state index contributed by atoms with van der Waals surface area (Å²) in [6.07, 6.45) is 0.750.